The van der Waals surface area contributed by atoms with E-state index < -0.39 is 54.0 Å². The molecule has 12 heteroatoms. The summed E-state index contributed by atoms with van der Waals surface area (Å²) < 4.78 is 45.2. The van der Waals surface area contributed by atoms with Crippen LogP contribution in [0.5, 0.6) is 0 Å². The number of aromatic nitrogens is 3. The van der Waals surface area contributed by atoms with Crippen molar-refractivity contribution in [3.05, 3.63) is 32.4 Å². The molecule has 0 saturated carbocycles. The van der Waals surface area contributed by atoms with Crippen LogP contribution in [0.25, 0.3) is 11.0 Å². The normalized spacial score (nSPS) is 26.6. The van der Waals surface area contributed by atoms with Crippen LogP contribution in [0, 0.1) is 11.7 Å². The number of aromatic amines is 1. The van der Waals surface area contributed by atoms with Gasteiger partial charge in [0.2, 0.25) is 4.77 Å². The van der Waals surface area contributed by atoms with E-state index >= 15 is 0 Å². The SMILES string of the molecule is Cc1c(C(F)(F)F)[nH]c2nc(=S)n([C@@H]3O[C@H](CO)C(O)[C@@H]3O)cc2c1=O. The number of aliphatic hydroxyl groups excluding tert-OH is 3. The van der Waals surface area contributed by atoms with E-state index in [1.54, 1.807) is 0 Å². The van der Waals surface area contributed by atoms with E-state index in [1.165, 1.54) is 0 Å². The Labute approximate surface area is 148 Å². The molecule has 1 aliphatic rings. The topological polar surface area (TPSA) is 121 Å². The molecular formula is C14H14F3N3O5S. The summed E-state index contributed by atoms with van der Waals surface area (Å²) in [5.41, 5.74) is -3.03. The first kappa shape index (κ1) is 18.9. The van der Waals surface area contributed by atoms with Crippen molar-refractivity contribution in [2.75, 3.05) is 6.61 Å². The zero-order valence-corrected chi connectivity index (χ0v) is 14.0. The smallest absolute Gasteiger partial charge is 0.394 e. The van der Waals surface area contributed by atoms with E-state index in [9.17, 15) is 28.2 Å². The van der Waals surface area contributed by atoms with Crippen molar-refractivity contribution in [1.82, 2.24) is 14.5 Å². The van der Waals surface area contributed by atoms with E-state index in [4.69, 9.17) is 22.1 Å². The molecule has 8 nitrogen and oxygen atoms in total. The van der Waals surface area contributed by atoms with Gasteiger partial charge in [0.15, 0.2) is 11.7 Å². The first-order valence-electron chi connectivity index (χ1n) is 7.41. The Bertz CT molecular complexity index is 973. The molecule has 2 aromatic heterocycles. The number of aliphatic hydroxyl groups is 3. The molecule has 0 radical (unpaired) electrons. The lowest BCUT2D eigenvalue weighted by Crippen LogP contribution is -2.33. The number of ether oxygens (including phenoxy) is 1. The number of hydrogen-bond donors (Lipinski definition) is 4. The summed E-state index contributed by atoms with van der Waals surface area (Å²) in [5, 5.41) is 28.8. The van der Waals surface area contributed by atoms with Crippen molar-refractivity contribution in [3.8, 4) is 0 Å². The highest BCUT2D eigenvalue weighted by Crippen LogP contribution is 2.32. The molecule has 3 heterocycles. The van der Waals surface area contributed by atoms with Gasteiger partial charge < -0.3 is 25.0 Å². The summed E-state index contributed by atoms with van der Waals surface area (Å²) in [5.74, 6) is 0. The minimum absolute atomic E-state index is 0.193. The molecule has 3 rings (SSSR count). The number of alkyl halides is 3. The molecule has 26 heavy (non-hydrogen) atoms. The van der Waals surface area contributed by atoms with Gasteiger partial charge in [0.1, 0.15) is 29.7 Å². The molecule has 0 amide bonds. The minimum atomic E-state index is -4.77. The number of H-pyrrole nitrogens is 1. The average molecular weight is 393 g/mol. The summed E-state index contributed by atoms with van der Waals surface area (Å²) in [6, 6.07) is 0. The molecule has 0 aromatic carbocycles. The van der Waals surface area contributed by atoms with Crippen LogP contribution in [0.3, 0.4) is 0 Å². The van der Waals surface area contributed by atoms with Gasteiger partial charge in [0.25, 0.3) is 0 Å². The quantitative estimate of drug-likeness (QED) is 0.545. The average Bonchev–Trinajstić information content (AvgIpc) is 2.84. The van der Waals surface area contributed by atoms with Crippen molar-refractivity contribution in [2.24, 2.45) is 0 Å². The van der Waals surface area contributed by atoms with Crippen LogP contribution in [0.15, 0.2) is 11.0 Å². The fourth-order valence-electron chi connectivity index (χ4n) is 2.83. The van der Waals surface area contributed by atoms with E-state index in [0.29, 0.717) is 0 Å². The standard InChI is InChI=1S/C14H14F3N3O5S/c1-4-7(22)5-2-20(12-9(24)8(23)6(3-21)25-12)13(26)19-11(5)18-10(4)14(15,16)17/h2,6,8-9,12,21,23-24H,3H2,1H3,(H,18,19,26)/t6-,8?,9+,12-/m1/s1. The largest absolute Gasteiger partial charge is 0.431 e. The monoisotopic (exact) mass is 393 g/mol. The van der Waals surface area contributed by atoms with Gasteiger partial charge in [-0.05, 0) is 19.1 Å². The van der Waals surface area contributed by atoms with Crippen LogP contribution >= 0.6 is 12.2 Å². The maximum atomic E-state index is 13.0. The zero-order chi connectivity index (χ0) is 19.4. The Morgan fingerprint density at radius 2 is 2.04 bits per heavy atom. The van der Waals surface area contributed by atoms with Crippen LogP contribution in [0.1, 0.15) is 17.5 Å². The Morgan fingerprint density at radius 1 is 1.38 bits per heavy atom. The molecule has 142 valence electrons. The Hall–Kier alpha value is -1.86. The first-order chi connectivity index (χ1) is 12.1. The zero-order valence-electron chi connectivity index (χ0n) is 13.2. The van der Waals surface area contributed by atoms with Gasteiger partial charge in [-0.15, -0.1) is 0 Å². The van der Waals surface area contributed by atoms with Gasteiger partial charge in [-0.1, -0.05) is 0 Å². The summed E-state index contributed by atoms with van der Waals surface area (Å²) >= 11 is 5.01. The number of nitrogens with one attached hydrogen (secondary N) is 1. The molecule has 0 bridgehead atoms. The van der Waals surface area contributed by atoms with E-state index in [-0.39, 0.29) is 15.8 Å². The first-order valence-corrected chi connectivity index (χ1v) is 7.82. The highest BCUT2D eigenvalue weighted by molar-refractivity contribution is 7.71. The van der Waals surface area contributed by atoms with E-state index in [1.807, 2.05) is 0 Å². The summed E-state index contributed by atoms with van der Waals surface area (Å²) in [7, 11) is 0. The van der Waals surface area contributed by atoms with Gasteiger partial charge in [0, 0.05) is 11.8 Å². The Kier molecular flexibility index (Phi) is 4.65. The second-order valence-electron chi connectivity index (χ2n) is 5.87. The van der Waals surface area contributed by atoms with Crippen molar-refractivity contribution in [2.45, 2.75) is 37.6 Å². The lowest BCUT2D eigenvalue weighted by Gasteiger charge is -2.19. The second-order valence-corrected chi connectivity index (χ2v) is 6.24. The fourth-order valence-corrected chi connectivity index (χ4v) is 3.08. The maximum absolute atomic E-state index is 13.0. The van der Waals surface area contributed by atoms with Gasteiger partial charge >= 0.3 is 6.18 Å². The molecule has 0 spiro atoms. The van der Waals surface area contributed by atoms with Crippen LogP contribution in [-0.2, 0) is 10.9 Å². The van der Waals surface area contributed by atoms with Gasteiger partial charge in [-0.2, -0.15) is 13.2 Å². The molecule has 4 N–H and O–H groups in total. The highest BCUT2D eigenvalue weighted by Gasteiger charge is 2.43. The third kappa shape index (κ3) is 2.93. The van der Waals surface area contributed by atoms with Crippen molar-refractivity contribution < 1.29 is 33.2 Å². The Balaban J connectivity index is 2.19. The van der Waals surface area contributed by atoms with Crippen molar-refractivity contribution in [3.63, 3.8) is 0 Å². The number of pyridine rings is 1. The number of fused-ring (bicyclic) bond motifs is 1. The second kappa shape index (κ2) is 6.39. The van der Waals surface area contributed by atoms with Crippen LogP contribution in [0.4, 0.5) is 13.2 Å². The number of rotatable bonds is 2. The molecule has 1 aliphatic heterocycles. The number of nitrogens with zero attached hydrogens (tertiary/aromatic N) is 2. The van der Waals surface area contributed by atoms with E-state index in [0.717, 1.165) is 17.7 Å². The van der Waals surface area contributed by atoms with Gasteiger partial charge in [-0.25, -0.2) is 4.98 Å². The predicted octanol–water partition coefficient (Wildman–Crippen LogP) is 0.393. The van der Waals surface area contributed by atoms with Crippen LogP contribution in [-0.4, -0.2) is 54.8 Å². The molecule has 4 atom stereocenters. The maximum Gasteiger partial charge on any atom is 0.431 e. The fraction of sp³-hybridized carbons (Fsp3) is 0.500. The number of hydrogen-bond acceptors (Lipinski definition) is 7. The lowest BCUT2D eigenvalue weighted by molar-refractivity contribution is -0.141. The van der Waals surface area contributed by atoms with Gasteiger partial charge in [-0.3, -0.25) is 9.36 Å². The molecule has 1 saturated heterocycles. The van der Waals surface area contributed by atoms with Crippen molar-refractivity contribution in [1.29, 1.82) is 0 Å². The Morgan fingerprint density at radius 3 is 2.58 bits per heavy atom. The number of halogens is 3. The minimum Gasteiger partial charge on any atom is -0.394 e. The molecular weight excluding hydrogens is 379 g/mol. The highest BCUT2D eigenvalue weighted by atomic mass is 32.1. The van der Waals surface area contributed by atoms with Crippen molar-refractivity contribution >= 4 is 23.3 Å². The molecule has 2 aromatic rings. The predicted molar refractivity (Wildman–Crippen MR) is 83.9 cm³/mol. The lowest BCUT2D eigenvalue weighted by atomic mass is 10.1. The van der Waals surface area contributed by atoms with E-state index in [2.05, 4.69) is 9.97 Å². The van der Waals surface area contributed by atoms with Crippen LogP contribution < -0.4 is 5.43 Å². The summed E-state index contributed by atoms with van der Waals surface area (Å²) in [6.45, 7) is 0.456. The third-order valence-electron chi connectivity index (χ3n) is 4.23. The molecule has 1 unspecified atom stereocenters. The summed E-state index contributed by atoms with van der Waals surface area (Å²) in [4.78, 5) is 18.2. The van der Waals surface area contributed by atoms with Gasteiger partial charge in [0.05, 0.1) is 12.0 Å². The van der Waals surface area contributed by atoms with Crippen LogP contribution in [0.2, 0.25) is 0 Å². The third-order valence-corrected chi connectivity index (χ3v) is 4.53. The summed E-state index contributed by atoms with van der Waals surface area (Å²) in [6.07, 6.45) is -8.89. The molecule has 0 aliphatic carbocycles. The molecule has 1 fully saturated rings.